The van der Waals surface area contributed by atoms with Gasteiger partial charge in [-0.2, -0.15) is 0 Å². The SMILES string of the molecule is CN1C(=O)C(CCC(=O)O)NCC1(C)C. The van der Waals surface area contributed by atoms with Gasteiger partial charge in [-0.15, -0.1) is 0 Å². The Balaban J connectivity index is 2.57. The summed E-state index contributed by atoms with van der Waals surface area (Å²) in [5, 5.41) is 11.6. The van der Waals surface area contributed by atoms with E-state index in [1.165, 1.54) is 0 Å². The topological polar surface area (TPSA) is 69.6 Å². The lowest BCUT2D eigenvalue weighted by Crippen LogP contribution is -2.63. The van der Waals surface area contributed by atoms with Crippen LogP contribution in [-0.4, -0.2) is 47.1 Å². The van der Waals surface area contributed by atoms with Crippen LogP contribution in [0.1, 0.15) is 26.7 Å². The number of hydrogen-bond donors (Lipinski definition) is 2. The van der Waals surface area contributed by atoms with E-state index in [1.54, 1.807) is 11.9 Å². The molecular weight excluding hydrogens is 196 g/mol. The minimum Gasteiger partial charge on any atom is -0.481 e. The molecule has 5 heteroatoms. The van der Waals surface area contributed by atoms with Crippen LogP contribution in [-0.2, 0) is 9.59 Å². The monoisotopic (exact) mass is 214 g/mol. The lowest BCUT2D eigenvalue weighted by Gasteiger charge is -2.43. The van der Waals surface area contributed by atoms with E-state index >= 15 is 0 Å². The van der Waals surface area contributed by atoms with E-state index in [2.05, 4.69) is 5.32 Å². The van der Waals surface area contributed by atoms with E-state index in [4.69, 9.17) is 5.11 Å². The number of carbonyl (C=O) groups is 2. The van der Waals surface area contributed by atoms with Crippen molar-refractivity contribution in [1.82, 2.24) is 10.2 Å². The van der Waals surface area contributed by atoms with Crippen molar-refractivity contribution in [3.63, 3.8) is 0 Å². The number of piperazine rings is 1. The number of rotatable bonds is 3. The fourth-order valence-corrected chi connectivity index (χ4v) is 1.60. The third kappa shape index (κ3) is 2.68. The third-order valence-electron chi connectivity index (χ3n) is 2.96. The van der Waals surface area contributed by atoms with E-state index in [1.807, 2.05) is 13.8 Å². The van der Waals surface area contributed by atoms with Gasteiger partial charge in [0.15, 0.2) is 0 Å². The van der Waals surface area contributed by atoms with Gasteiger partial charge >= 0.3 is 5.97 Å². The minimum absolute atomic E-state index is 0.0208. The maximum Gasteiger partial charge on any atom is 0.303 e. The molecule has 86 valence electrons. The Morgan fingerprint density at radius 1 is 1.67 bits per heavy atom. The van der Waals surface area contributed by atoms with Crippen LogP contribution in [0.15, 0.2) is 0 Å². The predicted molar refractivity (Wildman–Crippen MR) is 55.5 cm³/mol. The fourth-order valence-electron chi connectivity index (χ4n) is 1.60. The molecule has 1 aliphatic rings. The number of carboxylic acids is 1. The Morgan fingerprint density at radius 2 is 2.27 bits per heavy atom. The van der Waals surface area contributed by atoms with Crippen molar-refractivity contribution < 1.29 is 14.7 Å². The van der Waals surface area contributed by atoms with Crippen molar-refractivity contribution in [3.05, 3.63) is 0 Å². The Labute approximate surface area is 89.4 Å². The fraction of sp³-hybridized carbons (Fsp3) is 0.800. The number of nitrogens with zero attached hydrogens (tertiary/aromatic N) is 1. The second-order valence-corrected chi connectivity index (χ2v) is 4.58. The maximum atomic E-state index is 11.8. The average Bonchev–Trinajstić information content (AvgIpc) is 2.13. The van der Waals surface area contributed by atoms with Gasteiger partial charge in [0.05, 0.1) is 6.04 Å². The molecule has 0 aromatic rings. The van der Waals surface area contributed by atoms with Crippen molar-refractivity contribution in [2.24, 2.45) is 0 Å². The first kappa shape index (κ1) is 12.0. The van der Waals surface area contributed by atoms with E-state index < -0.39 is 5.97 Å². The molecule has 1 atom stereocenters. The van der Waals surface area contributed by atoms with Crippen LogP contribution in [0.5, 0.6) is 0 Å². The van der Waals surface area contributed by atoms with Crippen molar-refractivity contribution >= 4 is 11.9 Å². The molecule has 0 aromatic carbocycles. The number of amides is 1. The molecule has 1 saturated heterocycles. The summed E-state index contributed by atoms with van der Waals surface area (Å²) in [6, 6.07) is -0.348. The lowest BCUT2D eigenvalue weighted by atomic mass is 9.96. The second kappa shape index (κ2) is 4.18. The second-order valence-electron chi connectivity index (χ2n) is 4.58. The van der Waals surface area contributed by atoms with Gasteiger partial charge in [0, 0.05) is 25.6 Å². The molecule has 5 nitrogen and oxygen atoms in total. The smallest absolute Gasteiger partial charge is 0.303 e. The molecule has 1 fully saturated rings. The summed E-state index contributed by atoms with van der Waals surface area (Å²) >= 11 is 0. The molecular formula is C10H18N2O3. The highest BCUT2D eigenvalue weighted by Gasteiger charge is 2.37. The summed E-state index contributed by atoms with van der Waals surface area (Å²) in [5.74, 6) is -0.885. The van der Waals surface area contributed by atoms with Crippen LogP contribution in [0.25, 0.3) is 0 Å². The molecule has 0 saturated carbocycles. The van der Waals surface area contributed by atoms with Crippen LogP contribution >= 0.6 is 0 Å². The molecule has 0 spiro atoms. The average molecular weight is 214 g/mol. The quantitative estimate of drug-likeness (QED) is 0.697. The molecule has 1 aliphatic heterocycles. The van der Waals surface area contributed by atoms with Crippen molar-refractivity contribution in [2.45, 2.75) is 38.3 Å². The zero-order valence-corrected chi connectivity index (χ0v) is 9.41. The van der Waals surface area contributed by atoms with Crippen molar-refractivity contribution in [2.75, 3.05) is 13.6 Å². The maximum absolute atomic E-state index is 11.8. The Kier molecular flexibility index (Phi) is 3.34. The number of aliphatic carboxylic acids is 1. The first-order chi connectivity index (χ1) is 6.84. The van der Waals surface area contributed by atoms with Crippen molar-refractivity contribution in [3.8, 4) is 0 Å². The van der Waals surface area contributed by atoms with E-state index in [9.17, 15) is 9.59 Å². The summed E-state index contributed by atoms with van der Waals surface area (Å²) in [6.07, 6.45) is 0.381. The van der Waals surface area contributed by atoms with Gasteiger partial charge in [-0.1, -0.05) is 0 Å². The molecule has 0 radical (unpaired) electrons. The van der Waals surface area contributed by atoms with Gasteiger partial charge < -0.3 is 15.3 Å². The summed E-state index contributed by atoms with van der Waals surface area (Å²) in [7, 11) is 1.76. The standard InChI is InChI=1S/C10H18N2O3/c1-10(2)6-11-7(4-5-8(13)14)9(15)12(10)3/h7,11H,4-6H2,1-3H3,(H,13,14). The first-order valence-electron chi connectivity index (χ1n) is 5.07. The molecule has 1 rings (SSSR count). The van der Waals surface area contributed by atoms with Gasteiger partial charge in [0.1, 0.15) is 0 Å². The van der Waals surface area contributed by atoms with Crippen LogP contribution in [0.2, 0.25) is 0 Å². The molecule has 1 heterocycles. The van der Waals surface area contributed by atoms with E-state index in [0.717, 1.165) is 0 Å². The van der Waals surface area contributed by atoms with Gasteiger partial charge in [-0.05, 0) is 20.3 Å². The minimum atomic E-state index is -0.864. The predicted octanol–water partition coefficient (Wildman–Crippen LogP) is 0.0600. The number of nitrogens with one attached hydrogen (secondary N) is 1. The zero-order chi connectivity index (χ0) is 11.6. The van der Waals surface area contributed by atoms with Gasteiger partial charge in [-0.3, -0.25) is 9.59 Å². The lowest BCUT2D eigenvalue weighted by molar-refractivity contribution is -0.141. The molecule has 1 amide bonds. The Bertz CT molecular complexity index is 276. The highest BCUT2D eigenvalue weighted by Crippen LogP contribution is 2.19. The van der Waals surface area contributed by atoms with Crippen LogP contribution in [0.4, 0.5) is 0 Å². The van der Waals surface area contributed by atoms with Crippen molar-refractivity contribution in [1.29, 1.82) is 0 Å². The molecule has 1 unspecified atom stereocenters. The van der Waals surface area contributed by atoms with E-state index in [0.29, 0.717) is 13.0 Å². The van der Waals surface area contributed by atoms with Crippen LogP contribution in [0.3, 0.4) is 0 Å². The van der Waals surface area contributed by atoms with E-state index in [-0.39, 0.29) is 23.9 Å². The van der Waals surface area contributed by atoms with Gasteiger partial charge in [0.2, 0.25) is 5.91 Å². The Hall–Kier alpha value is -1.10. The first-order valence-corrected chi connectivity index (χ1v) is 5.07. The number of likely N-dealkylation sites (N-methyl/N-ethyl adjacent to an activating group) is 1. The molecule has 0 aliphatic carbocycles. The Morgan fingerprint density at radius 3 is 2.80 bits per heavy atom. The highest BCUT2D eigenvalue weighted by atomic mass is 16.4. The van der Waals surface area contributed by atoms with Crippen LogP contribution in [0, 0.1) is 0 Å². The number of hydrogen-bond acceptors (Lipinski definition) is 3. The summed E-state index contributed by atoms with van der Waals surface area (Å²) in [5.41, 5.74) is -0.198. The molecule has 2 N–H and O–H groups in total. The molecule has 0 aromatic heterocycles. The van der Waals surface area contributed by atoms with Gasteiger partial charge in [0.25, 0.3) is 0 Å². The molecule has 0 bridgehead atoms. The zero-order valence-electron chi connectivity index (χ0n) is 9.41. The highest BCUT2D eigenvalue weighted by molar-refractivity contribution is 5.83. The number of carboxylic acid groups (broad SMARTS) is 1. The summed E-state index contributed by atoms with van der Waals surface area (Å²) in [4.78, 5) is 23.9. The molecule has 15 heavy (non-hydrogen) atoms. The normalized spacial score (nSPS) is 25.4. The summed E-state index contributed by atoms with van der Waals surface area (Å²) in [6.45, 7) is 4.65. The summed E-state index contributed by atoms with van der Waals surface area (Å²) < 4.78 is 0. The van der Waals surface area contributed by atoms with Gasteiger partial charge in [-0.25, -0.2) is 0 Å². The largest absolute Gasteiger partial charge is 0.481 e. The number of carbonyl (C=O) groups excluding carboxylic acids is 1. The van der Waals surface area contributed by atoms with Crippen LogP contribution < -0.4 is 5.32 Å². The third-order valence-corrected chi connectivity index (χ3v) is 2.96.